The van der Waals surface area contributed by atoms with E-state index in [9.17, 15) is 4.79 Å². The molecule has 2 N–H and O–H groups in total. The van der Waals surface area contributed by atoms with Crippen molar-refractivity contribution in [3.63, 3.8) is 0 Å². The lowest BCUT2D eigenvalue weighted by atomic mass is 10.0. The molecule has 0 bridgehead atoms. The molecule has 20 heavy (non-hydrogen) atoms. The monoisotopic (exact) mass is 410 g/mol. The van der Waals surface area contributed by atoms with Crippen LogP contribution in [0.15, 0.2) is 18.2 Å². The summed E-state index contributed by atoms with van der Waals surface area (Å²) in [4.78, 5) is 11.9. The van der Waals surface area contributed by atoms with Crippen LogP contribution in [0.3, 0.4) is 0 Å². The van der Waals surface area contributed by atoms with Gasteiger partial charge in [-0.05, 0) is 66.6 Å². The molecule has 0 aromatic heterocycles. The van der Waals surface area contributed by atoms with Gasteiger partial charge in [-0.25, -0.2) is 0 Å². The average molecular weight is 411 g/mol. The van der Waals surface area contributed by atoms with Crippen LogP contribution in [0.4, 0.5) is 5.69 Å². The summed E-state index contributed by atoms with van der Waals surface area (Å²) in [7, 11) is 1.63. The molecule has 4 nitrogen and oxygen atoms in total. The second-order valence-corrected chi connectivity index (χ2v) is 5.95. The highest BCUT2D eigenvalue weighted by molar-refractivity contribution is 14.1. The van der Waals surface area contributed by atoms with Crippen LogP contribution >= 0.6 is 35.0 Å². The van der Waals surface area contributed by atoms with Gasteiger partial charge in [0.2, 0.25) is 5.91 Å². The van der Waals surface area contributed by atoms with Crippen molar-refractivity contribution in [3.8, 4) is 5.75 Å². The van der Waals surface area contributed by atoms with Gasteiger partial charge in [0.1, 0.15) is 5.75 Å². The lowest BCUT2D eigenvalue weighted by molar-refractivity contribution is -0.116. The van der Waals surface area contributed by atoms with Crippen LogP contribution in [0.25, 0.3) is 0 Å². The first-order valence-corrected chi connectivity index (χ1v) is 7.61. The fourth-order valence-electron chi connectivity index (χ4n) is 2.24. The summed E-state index contributed by atoms with van der Waals surface area (Å²) >= 11 is 2.21. The fourth-order valence-corrected chi connectivity index (χ4v) is 2.71. The lowest BCUT2D eigenvalue weighted by Crippen LogP contribution is -2.15. The van der Waals surface area contributed by atoms with E-state index in [0.29, 0.717) is 12.3 Å². The van der Waals surface area contributed by atoms with Crippen molar-refractivity contribution < 1.29 is 9.53 Å². The quantitative estimate of drug-likeness (QED) is 0.734. The van der Waals surface area contributed by atoms with Crippen molar-refractivity contribution >= 4 is 46.6 Å². The molecule has 0 radical (unpaired) electrons. The lowest BCUT2D eigenvalue weighted by Gasteiger charge is -2.11. The minimum atomic E-state index is 0. The zero-order valence-electron chi connectivity index (χ0n) is 11.4. The molecule has 1 unspecified atom stereocenters. The van der Waals surface area contributed by atoms with Gasteiger partial charge in [0.05, 0.1) is 12.8 Å². The Morgan fingerprint density at radius 2 is 2.35 bits per heavy atom. The normalized spacial score (nSPS) is 17.4. The van der Waals surface area contributed by atoms with Crippen LogP contribution in [0.2, 0.25) is 0 Å². The van der Waals surface area contributed by atoms with Gasteiger partial charge in [0, 0.05) is 16.1 Å². The van der Waals surface area contributed by atoms with Gasteiger partial charge in [0.15, 0.2) is 0 Å². The third-order valence-corrected chi connectivity index (χ3v) is 4.33. The molecule has 2 rings (SSSR count). The Balaban J connectivity index is 0.00000200. The zero-order valence-corrected chi connectivity index (χ0v) is 14.4. The molecule has 1 aliphatic heterocycles. The maximum Gasteiger partial charge on any atom is 0.224 e. The van der Waals surface area contributed by atoms with E-state index in [2.05, 4.69) is 33.2 Å². The van der Waals surface area contributed by atoms with Crippen molar-refractivity contribution in [1.29, 1.82) is 0 Å². The Morgan fingerprint density at radius 1 is 1.55 bits per heavy atom. The van der Waals surface area contributed by atoms with Crippen molar-refractivity contribution in [2.45, 2.75) is 19.3 Å². The first-order chi connectivity index (χ1) is 9.19. The minimum absolute atomic E-state index is 0. The largest absolute Gasteiger partial charge is 0.497 e. The number of amides is 1. The van der Waals surface area contributed by atoms with E-state index < -0.39 is 0 Å². The number of carbonyl (C=O) groups excluding carboxylic acids is 1. The number of carbonyl (C=O) groups is 1. The van der Waals surface area contributed by atoms with Crippen molar-refractivity contribution in [1.82, 2.24) is 5.32 Å². The van der Waals surface area contributed by atoms with Gasteiger partial charge in [-0.3, -0.25) is 4.79 Å². The summed E-state index contributed by atoms with van der Waals surface area (Å²) in [5.41, 5.74) is 0.828. The third kappa shape index (κ3) is 5.10. The predicted octanol–water partition coefficient (Wildman–Crippen LogP) is 3.05. The average Bonchev–Trinajstić information content (AvgIpc) is 2.92. The van der Waals surface area contributed by atoms with E-state index in [1.165, 1.54) is 6.42 Å². The maximum atomic E-state index is 11.9. The molecule has 1 aliphatic rings. The highest BCUT2D eigenvalue weighted by Gasteiger charge is 2.16. The molecular weight excluding hydrogens is 391 g/mol. The van der Waals surface area contributed by atoms with Gasteiger partial charge >= 0.3 is 0 Å². The molecule has 1 fully saturated rings. The maximum absolute atomic E-state index is 11.9. The van der Waals surface area contributed by atoms with Crippen LogP contribution in [0, 0.1) is 9.49 Å². The summed E-state index contributed by atoms with van der Waals surface area (Å²) in [6.07, 6.45) is 2.73. The highest BCUT2D eigenvalue weighted by Crippen LogP contribution is 2.24. The van der Waals surface area contributed by atoms with Gasteiger partial charge in [-0.15, -0.1) is 12.4 Å². The molecule has 1 aromatic carbocycles. The van der Waals surface area contributed by atoms with E-state index >= 15 is 0 Å². The first kappa shape index (κ1) is 17.5. The van der Waals surface area contributed by atoms with Crippen LogP contribution < -0.4 is 15.4 Å². The molecular formula is C14H20ClIN2O2. The fraction of sp³-hybridized carbons (Fsp3) is 0.500. The predicted molar refractivity (Wildman–Crippen MR) is 91.8 cm³/mol. The molecule has 1 saturated heterocycles. The molecule has 1 atom stereocenters. The summed E-state index contributed by atoms with van der Waals surface area (Å²) in [6, 6.07) is 5.69. The van der Waals surface area contributed by atoms with E-state index in [1.807, 2.05) is 18.2 Å². The molecule has 0 spiro atoms. The molecule has 112 valence electrons. The topological polar surface area (TPSA) is 50.4 Å². The van der Waals surface area contributed by atoms with Gasteiger partial charge in [-0.1, -0.05) is 0 Å². The van der Waals surface area contributed by atoms with Crippen LogP contribution in [-0.4, -0.2) is 26.1 Å². The molecule has 1 aromatic rings. The molecule has 0 aliphatic carbocycles. The number of rotatable bonds is 5. The number of benzene rings is 1. The van der Waals surface area contributed by atoms with Crippen LogP contribution in [0.1, 0.15) is 19.3 Å². The summed E-state index contributed by atoms with van der Waals surface area (Å²) in [6.45, 7) is 2.13. The number of methoxy groups -OCH3 is 1. The highest BCUT2D eigenvalue weighted by atomic mass is 127. The van der Waals surface area contributed by atoms with Crippen LogP contribution in [0.5, 0.6) is 5.75 Å². The Morgan fingerprint density at radius 3 is 3.00 bits per heavy atom. The van der Waals surface area contributed by atoms with Crippen molar-refractivity contribution in [2.75, 3.05) is 25.5 Å². The van der Waals surface area contributed by atoms with Gasteiger partial charge in [0.25, 0.3) is 0 Å². The first-order valence-electron chi connectivity index (χ1n) is 6.53. The molecule has 0 saturated carbocycles. The van der Waals surface area contributed by atoms with E-state index in [4.69, 9.17) is 4.74 Å². The number of ether oxygens (including phenoxy) is 1. The second kappa shape index (κ2) is 8.69. The Bertz CT molecular complexity index is 451. The van der Waals surface area contributed by atoms with Crippen molar-refractivity contribution in [3.05, 3.63) is 21.8 Å². The number of hydrogen-bond donors (Lipinski definition) is 2. The summed E-state index contributed by atoms with van der Waals surface area (Å²) < 4.78 is 6.19. The van der Waals surface area contributed by atoms with E-state index in [1.54, 1.807) is 7.11 Å². The Kier molecular flexibility index (Phi) is 7.61. The van der Waals surface area contributed by atoms with Gasteiger partial charge in [-0.2, -0.15) is 0 Å². The Hall–Kier alpha value is -0.530. The number of halogens is 2. The number of hydrogen-bond acceptors (Lipinski definition) is 3. The summed E-state index contributed by atoms with van der Waals surface area (Å²) in [5.74, 6) is 1.49. The number of nitrogens with one attached hydrogen (secondary N) is 2. The molecule has 1 amide bonds. The number of anilines is 1. The molecule has 6 heteroatoms. The van der Waals surface area contributed by atoms with Crippen LogP contribution in [-0.2, 0) is 4.79 Å². The smallest absolute Gasteiger partial charge is 0.224 e. The SMILES string of the molecule is COc1ccc(I)c(NC(=O)CCC2CCNC2)c1.Cl. The third-order valence-electron chi connectivity index (χ3n) is 3.39. The Labute approximate surface area is 139 Å². The zero-order chi connectivity index (χ0) is 13.7. The minimum Gasteiger partial charge on any atom is -0.497 e. The van der Waals surface area contributed by atoms with Gasteiger partial charge < -0.3 is 15.4 Å². The second-order valence-electron chi connectivity index (χ2n) is 4.79. The van der Waals surface area contributed by atoms with Crippen molar-refractivity contribution in [2.24, 2.45) is 5.92 Å². The summed E-state index contributed by atoms with van der Waals surface area (Å²) in [5, 5.41) is 6.28. The van der Waals surface area contributed by atoms with E-state index in [-0.39, 0.29) is 18.3 Å². The standard InChI is InChI=1S/C14H19IN2O2.ClH/c1-19-11-3-4-12(15)13(8-11)17-14(18)5-2-10-6-7-16-9-10;/h3-4,8,10,16H,2,5-7,9H2,1H3,(H,17,18);1H. The van der Waals surface area contributed by atoms with E-state index in [0.717, 1.165) is 34.5 Å². The molecule has 1 heterocycles.